The number of hydrogen-bond acceptors (Lipinski definition) is 4. The van der Waals surface area contributed by atoms with Gasteiger partial charge in [-0.2, -0.15) is 0 Å². The van der Waals surface area contributed by atoms with Gasteiger partial charge in [0.15, 0.2) is 5.82 Å². The molecule has 12 rings (SSSR count). The number of aromatic nitrogens is 3. The number of fused-ring (bicyclic) bond motifs is 8. The molecule has 0 amide bonds. The Morgan fingerprint density at radius 1 is 0.328 bits per heavy atom. The fourth-order valence-corrected chi connectivity index (χ4v) is 10.1. The van der Waals surface area contributed by atoms with Gasteiger partial charge in [-0.1, -0.05) is 170 Å². The molecule has 3 aromatic heterocycles. The van der Waals surface area contributed by atoms with Crippen LogP contribution in [0.3, 0.4) is 0 Å². The van der Waals surface area contributed by atoms with Crippen molar-refractivity contribution >= 4 is 64.0 Å². The van der Waals surface area contributed by atoms with Gasteiger partial charge in [0, 0.05) is 43.1 Å². The first-order valence-corrected chi connectivity index (χ1v) is 21.4. The standard InChI is InChI=1S/C57H35N3S/c1-3-15-36(16-4-1)51-35-52(37-17-5-2-6-18-37)60-57(59-51)43-23-14-22-40(32-43)38-20-13-21-39(31-38)41-29-30-50-49(33-41)54-47-27-11-12-28-53(47)61-56(54)55(58-50)48-34-42-19-7-8-24-44(42)45-25-9-10-26-46(45)48/h1-35H. The first kappa shape index (κ1) is 35.2. The Morgan fingerprint density at radius 2 is 0.869 bits per heavy atom. The summed E-state index contributed by atoms with van der Waals surface area (Å²) >= 11 is 1.84. The first-order valence-electron chi connectivity index (χ1n) is 20.6. The average Bonchev–Trinajstić information content (AvgIpc) is 3.74. The van der Waals surface area contributed by atoms with Crippen LogP contribution in [0.2, 0.25) is 0 Å². The highest BCUT2D eigenvalue weighted by Gasteiger charge is 2.20. The zero-order valence-electron chi connectivity index (χ0n) is 33.0. The summed E-state index contributed by atoms with van der Waals surface area (Å²) in [7, 11) is 0. The minimum atomic E-state index is 0.698. The lowest BCUT2D eigenvalue weighted by atomic mass is 9.93. The lowest BCUT2D eigenvalue weighted by Gasteiger charge is -2.13. The Balaban J connectivity index is 0.979. The van der Waals surface area contributed by atoms with Crippen LogP contribution < -0.4 is 0 Å². The number of benzene rings is 9. The molecule has 3 heterocycles. The molecule has 0 bridgehead atoms. The highest BCUT2D eigenvalue weighted by molar-refractivity contribution is 7.26. The van der Waals surface area contributed by atoms with E-state index in [0.29, 0.717) is 5.82 Å². The second-order valence-electron chi connectivity index (χ2n) is 15.5. The second kappa shape index (κ2) is 14.5. The quantitative estimate of drug-likeness (QED) is 0.157. The molecule has 0 spiro atoms. The van der Waals surface area contributed by atoms with E-state index < -0.39 is 0 Å². The van der Waals surface area contributed by atoms with Crippen molar-refractivity contribution in [3.05, 3.63) is 212 Å². The molecule has 0 atom stereocenters. The van der Waals surface area contributed by atoms with Gasteiger partial charge in [-0.15, -0.1) is 11.3 Å². The summed E-state index contributed by atoms with van der Waals surface area (Å²) in [5, 5.41) is 8.63. The Kier molecular flexibility index (Phi) is 8.36. The van der Waals surface area contributed by atoms with Crippen LogP contribution in [0.4, 0.5) is 0 Å². The summed E-state index contributed by atoms with van der Waals surface area (Å²) in [6.07, 6.45) is 0. The third-order valence-electron chi connectivity index (χ3n) is 11.8. The van der Waals surface area contributed by atoms with E-state index in [1.165, 1.54) is 47.3 Å². The summed E-state index contributed by atoms with van der Waals surface area (Å²) in [6.45, 7) is 0. The average molecular weight is 794 g/mol. The van der Waals surface area contributed by atoms with Crippen LogP contribution in [-0.4, -0.2) is 15.0 Å². The fraction of sp³-hybridized carbons (Fsp3) is 0. The molecular formula is C57H35N3S. The predicted octanol–water partition coefficient (Wildman–Crippen LogP) is 15.7. The third kappa shape index (κ3) is 6.16. The highest BCUT2D eigenvalue weighted by Crippen LogP contribution is 2.46. The van der Waals surface area contributed by atoms with Crippen molar-refractivity contribution in [2.24, 2.45) is 0 Å². The molecule has 0 unspecified atom stereocenters. The van der Waals surface area contributed by atoms with Crippen molar-refractivity contribution in [2.45, 2.75) is 0 Å². The van der Waals surface area contributed by atoms with Gasteiger partial charge >= 0.3 is 0 Å². The minimum Gasteiger partial charge on any atom is -0.246 e. The number of pyridine rings is 1. The molecule has 3 nitrogen and oxygen atoms in total. The molecule has 0 N–H and O–H groups in total. The summed E-state index contributed by atoms with van der Waals surface area (Å²) in [6, 6.07) is 75.5. The Morgan fingerprint density at radius 3 is 1.57 bits per heavy atom. The van der Waals surface area contributed by atoms with E-state index in [9.17, 15) is 0 Å². The molecule has 284 valence electrons. The van der Waals surface area contributed by atoms with E-state index in [1.54, 1.807) is 0 Å². The van der Waals surface area contributed by atoms with E-state index in [2.05, 4.69) is 200 Å². The second-order valence-corrected chi connectivity index (χ2v) is 16.6. The van der Waals surface area contributed by atoms with Crippen LogP contribution in [-0.2, 0) is 0 Å². The van der Waals surface area contributed by atoms with Gasteiger partial charge in [-0.3, -0.25) is 0 Å². The fourth-order valence-electron chi connectivity index (χ4n) is 8.90. The van der Waals surface area contributed by atoms with Crippen molar-refractivity contribution < 1.29 is 0 Å². The van der Waals surface area contributed by atoms with E-state index in [-0.39, 0.29) is 0 Å². The Bertz CT molecular complexity index is 3590. The third-order valence-corrected chi connectivity index (χ3v) is 13.0. The van der Waals surface area contributed by atoms with Crippen molar-refractivity contribution in [3.8, 4) is 67.4 Å². The number of thiophene rings is 1. The molecule has 0 saturated heterocycles. The highest BCUT2D eigenvalue weighted by atomic mass is 32.1. The van der Waals surface area contributed by atoms with Crippen LogP contribution in [0.1, 0.15) is 0 Å². The molecule has 0 aliphatic rings. The van der Waals surface area contributed by atoms with Gasteiger partial charge in [0.2, 0.25) is 0 Å². The zero-order chi connectivity index (χ0) is 40.3. The largest absolute Gasteiger partial charge is 0.246 e. The molecule has 0 aliphatic carbocycles. The van der Waals surface area contributed by atoms with Gasteiger partial charge in [0.05, 0.1) is 27.3 Å². The van der Waals surface area contributed by atoms with E-state index >= 15 is 0 Å². The van der Waals surface area contributed by atoms with Crippen molar-refractivity contribution in [2.75, 3.05) is 0 Å². The molecule has 0 radical (unpaired) electrons. The minimum absolute atomic E-state index is 0.698. The van der Waals surface area contributed by atoms with Gasteiger partial charge in [0.25, 0.3) is 0 Å². The Labute approximate surface area is 356 Å². The Hall–Kier alpha value is -7.79. The lowest BCUT2D eigenvalue weighted by molar-refractivity contribution is 1.18. The van der Waals surface area contributed by atoms with E-state index in [0.717, 1.165) is 66.9 Å². The van der Waals surface area contributed by atoms with Crippen LogP contribution in [0.15, 0.2) is 212 Å². The SMILES string of the molecule is c1ccc(-c2cc(-c3ccccc3)nc(-c3cccc(-c4cccc(-c5ccc6nc(-c7cc8ccccc8c8ccccc78)c7sc8ccccc8c7c6c5)c4)c3)n2)cc1. The van der Waals surface area contributed by atoms with Crippen molar-refractivity contribution in [1.29, 1.82) is 0 Å². The molecule has 61 heavy (non-hydrogen) atoms. The van der Waals surface area contributed by atoms with Gasteiger partial charge in [-0.05, 0) is 86.3 Å². The topological polar surface area (TPSA) is 38.7 Å². The van der Waals surface area contributed by atoms with Crippen LogP contribution in [0.25, 0.3) is 120 Å². The predicted molar refractivity (Wildman–Crippen MR) is 258 cm³/mol. The number of rotatable bonds is 6. The maximum absolute atomic E-state index is 5.51. The van der Waals surface area contributed by atoms with Crippen molar-refractivity contribution in [1.82, 2.24) is 15.0 Å². The smallest absolute Gasteiger partial charge is 0.160 e. The maximum atomic E-state index is 5.51. The molecule has 4 heteroatoms. The molecule has 0 saturated carbocycles. The van der Waals surface area contributed by atoms with Crippen molar-refractivity contribution in [3.63, 3.8) is 0 Å². The van der Waals surface area contributed by atoms with Gasteiger partial charge in [-0.25, -0.2) is 15.0 Å². The van der Waals surface area contributed by atoms with Crippen LogP contribution >= 0.6 is 11.3 Å². The summed E-state index contributed by atoms with van der Waals surface area (Å²) in [4.78, 5) is 15.7. The molecule has 12 aromatic rings. The zero-order valence-corrected chi connectivity index (χ0v) is 33.8. The van der Waals surface area contributed by atoms with Gasteiger partial charge in [0.1, 0.15) is 0 Å². The molecule has 0 aliphatic heterocycles. The lowest BCUT2D eigenvalue weighted by Crippen LogP contribution is -1.96. The summed E-state index contributed by atoms with van der Waals surface area (Å²) < 4.78 is 2.48. The summed E-state index contributed by atoms with van der Waals surface area (Å²) in [5.74, 6) is 0.698. The van der Waals surface area contributed by atoms with Crippen LogP contribution in [0.5, 0.6) is 0 Å². The van der Waals surface area contributed by atoms with E-state index in [1.807, 2.05) is 23.5 Å². The normalized spacial score (nSPS) is 11.6. The monoisotopic (exact) mass is 793 g/mol. The first-order chi connectivity index (χ1) is 30.2. The van der Waals surface area contributed by atoms with E-state index in [4.69, 9.17) is 15.0 Å². The molecular weight excluding hydrogens is 759 g/mol. The maximum Gasteiger partial charge on any atom is 0.160 e. The summed E-state index contributed by atoms with van der Waals surface area (Å²) in [5.41, 5.74) is 12.6. The molecule has 0 fully saturated rings. The van der Waals surface area contributed by atoms with Gasteiger partial charge < -0.3 is 0 Å². The number of hydrogen-bond donors (Lipinski definition) is 0. The number of nitrogens with zero attached hydrogens (tertiary/aromatic N) is 3. The van der Waals surface area contributed by atoms with Crippen LogP contribution in [0, 0.1) is 0 Å². The molecule has 9 aromatic carbocycles.